The molecule has 13 heavy (non-hydrogen) atoms. The molecule has 0 bridgehead atoms. The van der Waals surface area contributed by atoms with Gasteiger partial charge in [0.05, 0.1) is 5.03 Å². The molecule has 1 rings (SSSR count). The standard InChI is InChI=1S/C9H5Cl3O/c10-7-3-1-6(2-4-7)8(11)5-9(12)13/h1-5H/b8-5-. The van der Waals surface area contributed by atoms with Gasteiger partial charge in [0, 0.05) is 11.1 Å². The molecule has 4 heteroatoms. The number of hydrogen-bond acceptors (Lipinski definition) is 1. The van der Waals surface area contributed by atoms with Gasteiger partial charge in [-0.3, -0.25) is 4.79 Å². The van der Waals surface area contributed by atoms with Gasteiger partial charge in [-0.05, 0) is 29.3 Å². The summed E-state index contributed by atoms with van der Waals surface area (Å²) < 4.78 is 0. The van der Waals surface area contributed by atoms with Crippen LogP contribution < -0.4 is 0 Å². The molecule has 0 fully saturated rings. The van der Waals surface area contributed by atoms with E-state index in [1.807, 2.05) is 0 Å². The first-order chi connectivity index (χ1) is 6.09. The highest BCUT2D eigenvalue weighted by Crippen LogP contribution is 2.20. The number of rotatable bonds is 2. The highest BCUT2D eigenvalue weighted by Gasteiger charge is 1.99. The van der Waals surface area contributed by atoms with Gasteiger partial charge in [0.25, 0.3) is 0 Å². The Hall–Kier alpha value is -0.500. The van der Waals surface area contributed by atoms with Gasteiger partial charge in [-0.1, -0.05) is 35.3 Å². The van der Waals surface area contributed by atoms with Crippen LogP contribution in [0.1, 0.15) is 5.56 Å². The number of benzene rings is 1. The van der Waals surface area contributed by atoms with Crippen LogP contribution in [0.25, 0.3) is 5.03 Å². The Kier molecular flexibility index (Phi) is 3.79. The van der Waals surface area contributed by atoms with Crippen LogP contribution >= 0.6 is 34.8 Å². The van der Waals surface area contributed by atoms with E-state index in [0.717, 1.165) is 6.08 Å². The maximum atomic E-state index is 10.5. The fourth-order valence-electron chi connectivity index (χ4n) is 0.792. The molecule has 0 unspecified atom stereocenters. The number of carbonyl (C=O) groups is 1. The summed E-state index contributed by atoms with van der Waals surface area (Å²) in [6, 6.07) is 6.79. The van der Waals surface area contributed by atoms with Crippen molar-refractivity contribution < 1.29 is 4.79 Å². The molecule has 1 nitrogen and oxygen atoms in total. The third-order valence-corrected chi connectivity index (χ3v) is 2.05. The molecule has 0 radical (unpaired) electrons. The first-order valence-corrected chi connectivity index (χ1v) is 4.55. The summed E-state index contributed by atoms with van der Waals surface area (Å²) in [6.45, 7) is 0. The van der Waals surface area contributed by atoms with E-state index < -0.39 is 5.24 Å². The Morgan fingerprint density at radius 3 is 2.15 bits per heavy atom. The second-order valence-electron chi connectivity index (χ2n) is 2.30. The number of hydrogen-bond donors (Lipinski definition) is 0. The van der Waals surface area contributed by atoms with Gasteiger partial charge >= 0.3 is 0 Å². The topological polar surface area (TPSA) is 17.1 Å². The van der Waals surface area contributed by atoms with Crippen LogP contribution in [0.3, 0.4) is 0 Å². The van der Waals surface area contributed by atoms with Crippen LogP contribution in [0.2, 0.25) is 5.02 Å². The minimum absolute atomic E-state index is 0.302. The van der Waals surface area contributed by atoms with Gasteiger partial charge in [-0.2, -0.15) is 0 Å². The normalized spacial score (nSPS) is 11.5. The molecule has 0 aliphatic heterocycles. The molecule has 0 amide bonds. The van der Waals surface area contributed by atoms with E-state index in [1.54, 1.807) is 24.3 Å². The molecule has 0 aliphatic carbocycles. The molecule has 1 aromatic rings. The lowest BCUT2D eigenvalue weighted by Crippen LogP contribution is -1.81. The van der Waals surface area contributed by atoms with E-state index >= 15 is 0 Å². The second kappa shape index (κ2) is 4.66. The van der Waals surface area contributed by atoms with Crippen molar-refractivity contribution in [1.82, 2.24) is 0 Å². The third-order valence-electron chi connectivity index (χ3n) is 1.36. The minimum atomic E-state index is -0.597. The highest BCUT2D eigenvalue weighted by molar-refractivity contribution is 6.68. The van der Waals surface area contributed by atoms with E-state index in [4.69, 9.17) is 34.8 Å². The Bertz CT molecular complexity index is 340. The number of halogens is 3. The van der Waals surface area contributed by atoms with Gasteiger partial charge in [0.2, 0.25) is 5.24 Å². The molecule has 0 atom stereocenters. The quantitative estimate of drug-likeness (QED) is 0.564. The van der Waals surface area contributed by atoms with Crippen molar-refractivity contribution in [3.8, 4) is 0 Å². The van der Waals surface area contributed by atoms with Crippen LogP contribution in [-0.4, -0.2) is 5.24 Å². The molecule has 0 heterocycles. The monoisotopic (exact) mass is 234 g/mol. The Balaban J connectivity index is 2.96. The average Bonchev–Trinajstić information content (AvgIpc) is 2.04. The summed E-state index contributed by atoms with van der Waals surface area (Å²) >= 11 is 16.6. The Morgan fingerprint density at radius 1 is 1.15 bits per heavy atom. The molecule has 68 valence electrons. The van der Waals surface area contributed by atoms with Crippen molar-refractivity contribution in [3.05, 3.63) is 40.9 Å². The lowest BCUT2D eigenvalue weighted by atomic mass is 10.2. The summed E-state index contributed by atoms with van der Waals surface area (Å²) in [5.41, 5.74) is 0.708. The summed E-state index contributed by atoms with van der Waals surface area (Å²) in [7, 11) is 0. The van der Waals surface area contributed by atoms with Gasteiger partial charge in [0.1, 0.15) is 0 Å². The molecule has 1 aromatic carbocycles. The third kappa shape index (κ3) is 3.39. The van der Waals surface area contributed by atoms with Gasteiger partial charge in [-0.25, -0.2) is 0 Å². The molecule has 0 N–H and O–H groups in total. The molecule has 0 spiro atoms. The van der Waals surface area contributed by atoms with E-state index in [9.17, 15) is 4.79 Å². The van der Waals surface area contributed by atoms with Crippen LogP contribution in [0.15, 0.2) is 30.3 Å². The van der Waals surface area contributed by atoms with Gasteiger partial charge < -0.3 is 0 Å². The molecular formula is C9H5Cl3O. The fourth-order valence-corrected chi connectivity index (χ4v) is 1.31. The second-order valence-corrected chi connectivity index (χ2v) is 3.52. The first-order valence-electron chi connectivity index (χ1n) is 3.42. The SMILES string of the molecule is O=C(Cl)/C=C(\Cl)c1ccc(Cl)cc1. The largest absolute Gasteiger partial charge is 0.276 e. The van der Waals surface area contributed by atoms with Crippen molar-refractivity contribution in [1.29, 1.82) is 0 Å². The van der Waals surface area contributed by atoms with E-state index in [0.29, 0.717) is 15.6 Å². The fraction of sp³-hybridized carbons (Fsp3) is 0. The summed E-state index contributed by atoms with van der Waals surface area (Å²) in [4.78, 5) is 10.5. The maximum Gasteiger partial charge on any atom is 0.246 e. The predicted molar refractivity (Wildman–Crippen MR) is 56.1 cm³/mol. The van der Waals surface area contributed by atoms with E-state index in [2.05, 4.69) is 0 Å². The predicted octanol–water partition coefficient (Wildman–Crippen LogP) is 3.69. The van der Waals surface area contributed by atoms with Crippen molar-refractivity contribution >= 4 is 45.1 Å². The smallest absolute Gasteiger partial charge is 0.246 e. The number of carbonyl (C=O) groups excluding carboxylic acids is 1. The zero-order valence-electron chi connectivity index (χ0n) is 6.43. The molecule has 0 saturated carbocycles. The van der Waals surface area contributed by atoms with E-state index in [-0.39, 0.29) is 0 Å². The van der Waals surface area contributed by atoms with E-state index in [1.165, 1.54) is 0 Å². The average molecular weight is 235 g/mol. The Morgan fingerprint density at radius 2 is 1.69 bits per heavy atom. The summed E-state index contributed by atoms with van der Waals surface area (Å²) in [6.07, 6.45) is 1.15. The van der Waals surface area contributed by atoms with Crippen molar-refractivity contribution in [3.63, 3.8) is 0 Å². The van der Waals surface area contributed by atoms with Gasteiger partial charge in [-0.15, -0.1) is 0 Å². The minimum Gasteiger partial charge on any atom is -0.276 e. The lowest BCUT2D eigenvalue weighted by molar-refractivity contribution is -0.107. The van der Waals surface area contributed by atoms with Gasteiger partial charge in [0.15, 0.2) is 0 Å². The summed E-state index contributed by atoms with van der Waals surface area (Å²) in [5, 5.41) is 0.321. The number of allylic oxidation sites excluding steroid dienone is 1. The zero-order chi connectivity index (χ0) is 9.84. The summed E-state index contributed by atoms with van der Waals surface area (Å²) in [5.74, 6) is 0. The first kappa shape index (κ1) is 10.6. The zero-order valence-corrected chi connectivity index (χ0v) is 8.70. The molecule has 0 aliphatic rings. The van der Waals surface area contributed by atoms with Crippen LogP contribution in [0.4, 0.5) is 0 Å². The molecule has 0 saturated heterocycles. The van der Waals surface area contributed by atoms with Crippen LogP contribution in [-0.2, 0) is 4.79 Å². The maximum absolute atomic E-state index is 10.5. The van der Waals surface area contributed by atoms with Crippen molar-refractivity contribution in [2.45, 2.75) is 0 Å². The van der Waals surface area contributed by atoms with Crippen LogP contribution in [0, 0.1) is 0 Å². The highest BCUT2D eigenvalue weighted by atomic mass is 35.5. The molecular weight excluding hydrogens is 230 g/mol. The van der Waals surface area contributed by atoms with Crippen LogP contribution in [0.5, 0.6) is 0 Å². The molecule has 0 aromatic heterocycles. The Labute approximate surface area is 90.9 Å². The lowest BCUT2D eigenvalue weighted by Gasteiger charge is -1.97. The van der Waals surface area contributed by atoms with Crippen molar-refractivity contribution in [2.75, 3.05) is 0 Å². The van der Waals surface area contributed by atoms with Crippen molar-refractivity contribution in [2.24, 2.45) is 0 Å².